The molecule has 1 saturated carbocycles. The minimum absolute atomic E-state index is 0.0828. The Balaban J connectivity index is 1.65. The Morgan fingerprint density at radius 2 is 1.70 bits per heavy atom. The summed E-state index contributed by atoms with van der Waals surface area (Å²) in [5.41, 5.74) is 12.8. The minimum Gasteiger partial charge on any atom is -0.387 e. The molecule has 13 nitrogen and oxygen atoms in total. The number of hydrogen-bond acceptors (Lipinski definition) is 9. The molecule has 1 saturated heterocycles. The lowest BCUT2D eigenvalue weighted by Crippen LogP contribution is -2.40. The van der Waals surface area contributed by atoms with Crippen molar-refractivity contribution >= 4 is 19.5 Å². The number of aromatic nitrogens is 2. The summed E-state index contributed by atoms with van der Waals surface area (Å²) in [4.78, 5) is 36.0. The van der Waals surface area contributed by atoms with Gasteiger partial charge in [0.25, 0.3) is 0 Å². The molecule has 14 heteroatoms. The zero-order chi connectivity index (χ0) is 26.8. The zero-order valence-electron chi connectivity index (χ0n) is 20.8. The van der Waals surface area contributed by atoms with E-state index in [0.717, 1.165) is 50.5 Å². The van der Waals surface area contributed by atoms with E-state index in [4.69, 9.17) is 26.0 Å². The number of anilines is 1. The van der Waals surface area contributed by atoms with E-state index in [-0.39, 0.29) is 11.7 Å². The number of nitrogens with one attached hydrogen (secondary N) is 1. The number of aliphatic hydroxyl groups excluding tert-OH is 2. The molecule has 1 aromatic rings. The van der Waals surface area contributed by atoms with Gasteiger partial charge in [0.2, 0.25) is 5.91 Å². The first-order chi connectivity index (χ1) is 17.6. The zero-order valence-corrected chi connectivity index (χ0v) is 21.7. The van der Waals surface area contributed by atoms with Gasteiger partial charge in [-0.2, -0.15) is 0 Å². The highest BCUT2D eigenvalue weighted by Gasteiger charge is 2.53. The lowest BCUT2D eigenvalue weighted by Gasteiger charge is -2.29. The third-order valence-electron chi connectivity index (χ3n) is 7.71. The molecule has 1 amide bonds. The number of phosphoric ester groups is 1. The number of aliphatic hydroxyl groups is 2. The fourth-order valence-corrected chi connectivity index (χ4v) is 6.09. The van der Waals surface area contributed by atoms with E-state index >= 15 is 0 Å². The van der Waals surface area contributed by atoms with Gasteiger partial charge in [-0.05, 0) is 24.8 Å². The van der Waals surface area contributed by atoms with Crippen molar-refractivity contribution in [1.29, 1.82) is 0 Å². The number of nitrogen functional groups attached to an aromatic ring is 1. The summed E-state index contributed by atoms with van der Waals surface area (Å²) in [5.74, 6) is 0.128. The van der Waals surface area contributed by atoms with Crippen LogP contribution in [-0.2, 0) is 24.0 Å². The van der Waals surface area contributed by atoms with Crippen molar-refractivity contribution in [1.82, 2.24) is 14.9 Å². The van der Waals surface area contributed by atoms with Crippen LogP contribution < -0.4 is 16.8 Å². The molecule has 3 heterocycles. The number of nitrogens with two attached hydrogens (primary N) is 2. The second kappa shape index (κ2) is 11.4. The van der Waals surface area contributed by atoms with Gasteiger partial charge in [-0.1, -0.05) is 51.4 Å². The minimum atomic E-state index is -4.81. The van der Waals surface area contributed by atoms with Crippen LogP contribution in [0.3, 0.4) is 0 Å². The molecule has 0 radical (unpaired) electrons. The van der Waals surface area contributed by atoms with Gasteiger partial charge < -0.3 is 41.5 Å². The predicted octanol–water partition coefficient (Wildman–Crippen LogP) is 1.04. The van der Waals surface area contributed by atoms with Gasteiger partial charge in [-0.3, -0.25) is 13.9 Å². The van der Waals surface area contributed by atoms with E-state index < -0.39 is 44.4 Å². The molecule has 5 atom stereocenters. The second-order valence-electron chi connectivity index (χ2n) is 10.2. The number of fused-ring (bicyclic) bond motifs is 1. The number of imidazole rings is 1. The Kier molecular flexibility index (Phi) is 8.64. The monoisotopic (exact) mass is 543 g/mol. The Labute approximate surface area is 215 Å². The van der Waals surface area contributed by atoms with Crippen LogP contribution in [0.1, 0.15) is 82.6 Å². The number of hydrogen-bond donors (Lipinski definition) is 7. The number of carbonyl (C=O) groups excluding carboxylic acids is 1. The van der Waals surface area contributed by atoms with Crippen LogP contribution in [0.25, 0.3) is 0 Å². The molecular formula is C23H38N5O8P. The van der Waals surface area contributed by atoms with Crippen molar-refractivity contribution < 1.29 is 38.6 Å². The van der Waals surface area contributed by atoms with E-state index in [2.05, 4.69) is 14.8 Å². The van der Waals surface area contributed by atoms with Crippen LogP contribution in [0.2, 0.25) is 0 Å². The molecule has 0 bridgehead atoms. The Bertz CT molecular complexity index is 1060. The van der Waals surface area contributed by atoms with Crippen LogP contribution in [-0.4, -0.2) is 60.4 Å². The Hall–Kier alpha value is -1.99. The summed E-state index contributed by atoms with van der Waals surface area (Å²) in [6.07, 6.45) is 6.46. The van der Waals surface area contributed by atoms with Crippen molar-refractivity contribution in [2.24, 2.45) is 5.73 Å². The van der Waals surface area contributed by atoms with Gasteiger partial charge in [0.15, 0.2) is 6.23 Å². The molecule has 208 valence electrons. The number of nitrogens with zero attached hydrogens (tertiary/aromatic N) is 2. The average molecular weight is 544 g/mol. The molecule has 9 N–H and O–H groups in total. The van der Waals surface area contributed by atoms with Crippen molar-refractivity contribution in [3.05, 3.63) is 23.4 Å². The van der Waals surface area contributed by atoms with Crippen molar-refractivity contribution in [3.8, 4) is 0 Å². The van der Waals surface area contributed by atoms with E-state index in [0.29, 0.717) is 24.4 Å². The number of amides is 1. The lowest BCUT2D eigenvalue weighted by atomic mass is 9.72. The molecule has 37 heavy (non-hydrogen) atoms. The summed E-state index contributed by atoms with van der Waals surface area (Å²) >= 11 is 0. The van der Waals surface area contributed by atoms with Crippen LogP contribution in [0.15, 0.2) is 17.7 Å². The molecule has 0 spiro atoms. The average Bonchev–Trinajstić information content (AvgIpc) is 3.42. The lowest BCUT2D eigenvalue weighted by molar-refractivity contribution is -0.124. The van der Waals surface area contributed by atoms with Crippen molar-refractivity contribution in [2.45, 2.75) is 101 Å². The van der Waals surface area contributed by atoms with Crippen LogP contribution in [0.4, 0.5) is 5.82 Å². The van der Waals surface area contributed by atoms with Crippen molar-refractivity contribution in [2.75, 3.05) is 12.3 Å². The normalized spacial score (nSPS) is 32.4. The second-order valence-corrected chi connectivity index (χ2v) is 11.4. The molecule has 5 unspecified atom stereocenters. The van der Waals surface area contributed by atoms with E-state index in [1.807, 2.05) is 0 Å². The SMILES string of the molecule is NC1=C2CCCCCCCCCCCC2(c2ncn(C3OC(COP(=O)(O)O)C(O)C3O)c2N)C(=O)N1. The molecule has 3 aliphatic rings. The van der Waals surface area contributed by atoms with Crippen LogP contribution in [0, 0.1) is 0 Å². The number of rotatable bonds is 5. The van der Waals surface area contributed by atoms with E-state index in [9.17, 15) is 19.6 Å². The van der Waals surface area contributed by atoms with Crippen LogP contribution in [0.5, 0.6) is 0 Å². The number of phosphoric acid groups is 1. The van der Waals surface area contributed by atoms with Gasteiger partial charge in [-0.25, -0.2) is 9.55 Å². The maximum atomic E-state index is 13.5. The Morgan fingerprint density at radius 1 is 1.08 bits per heavy atom. The smallest absolute Gasteiger partial charge is 0.387 e. The highest BCUT2D eigenvalue weighted by atomic mass is 31.2. The largest absolute Gasteiger partial charge is 0.469 e. The van der Waals surface area contributed by atoms with E-state index in [1.165, 1.54) is 23.7 Å². The van der Waals surface area contributed by atoms with Gasteiger partial charge in [0, 0.05) is 0 Å². The van der Waals surface area contributed by atoms with Crippen molar-refractivity contribution in [3.63, 3.8) is 0 Å². The van der Waals surface area contributed by atoms with Gasteiger partial charge in [0.1, 0.15) is 41.1 Å². The number of ether oxygens (including phenoxy) is 1. The Morgan fingerprint density at radius 3 is 2.35 bits per heavy atom. The summed E-state index contributed by atoms with van der Waals surface area (Å²) in [6, 6.07) is 0. The fraction of sp³-hybridized carbons (Fsp3) is 0.739. The molecule has 2 aliphatic heterocycles. The van der Waals surface area contributed by atoms with Crippen LogP contribution >= 0.6 is 7.82 Å². The first-order valence-corrected chi connectivity index (χ1v) is 14.4. The highest BCUT2D eigenvalue weighted by Crippen LogP contribution is 2.47. The third-order valence-corrected chi connectivity index (χ3v) is 8.19. The molecule has 1 aliphatic carbocycles. The van der Waals surface area contributed by atoms with Gasteiger partial charge in [0.05, 0.1) is 12.9 Å². The van der Waals surface area contributed by atoms with Gasteiger partial charge in [-0.15, -0.1) is 0 Å². The first kappa shape index (κ1) is 28.0. The first-order valence-electron chi connectivity index (χ1n) is 12.9. The topological polar surface area (TPSA) is 215 Å². The summed E-state index contributed by atoms with van der Waals surface area (Å²) < 4.78 is 22.5. The maximum absolute atomic E-state index is 13.5. The molecule has 0 aromatic carbocycles. The summed E-state index contributed by atoms with van der Waals surface area (Å²) in [6.45, 7) is -0.643. The molecule has 1 aromatic heterocycles. The van der Waals surface area contributed by atoms with Gasteiger partial charge >= 0.3 is 7.82 Å². The molecule has 2 fully saturated rings. The summed E-state index contributed by atoms with van der Waals surface area (Å²) in [7, 11) is -4.81. The number of carbonyl (C=O) groups is 1. The summed E-state index contributed by atoms with van der Waals surface area (Å²) in [5, 5.41) is 23.8. The molecular weight excluding hydrogens is 505 g/mol. The quantitative estimate of drug-likeness (QED) is 0.260. The third kappa shape index (κ3) is 5.73. The maximum Gasteiger partial charge on any atom is 0.469 e. The highest BCUT2D eigenvalue weighted by molar-refractivity contribution is 7.46. The van der Waals surface area contributed by atoms with E-state index in [1.54, 1.807) is 0 Å². The predicted molar refractivity (Wildman–Crippen MR) is 132 cm³/mol. The molecule has 4 rings (SSSR count). The standard InChI is InChI=1S/C23H38N5O8P/c24-19-14-10-8-6-4-2-1-3-5-7-9-11-23(14,22(31)27-19)18-20(25)28(13-26-18)21-17(30)16(29)15(36-21)12-35-37(32,33)34/h13,15-17,21,29-30H,1-12,24-25H2,(H,27,31)(H2,32,33,34). The fourth-order valence-electron chi connectivity index (χ4n) is 5.75.